The van der Waals surface area contributed by atoms with Crippen molar-refractivity contribution in [3.05, 3.63) is 100 Å². The Hall–Kier alpha value is -4.24. The Morgan fingerprint density at radius 1 is 0.886 bits per heavy atom. The van der Waals surface area contributed by atoms with Crippen molar-refractivity contribution in [2.45, 2.75) is 24.8 Å². The third-order valence-electron chi connectivity index (χ3n) is 5.93. The molecule has 0 aliphatic rings. The third kappa shape index (κ3) is 3.60. The van der Waals surface area contributed by atoms with Crippen LogP contribution >= 0.6 is 11.8 Å². The van der Waals surface area contributed by atoms with Crippen LogP contribution in [0.25, 0.3) is 33.8 Å². The second kappa shape index (κ2) is 8.52. The number of aryl methyl sites for hydroxylation is 2. The van der Waals surface area contributed by atoms with Gasteiger partial charge in [0.1, 0.15) is 0 Å². The number of rotatable bonds is 5. The molecule has 172 valence electrons. The lowest BCUT2D eigenvalue weighted by Crippen LogP contribution is -2.22. The van der Waals surface area contributed by atoms with E-state index in [0.29, 0.717) is 33.8 Å². The fraction of sp³-hybridized carbons (Fsp3) is 0.115. The zero-order valence-electron chi connectivity index (χ0n) is 19.0. The molecule has 6 rings (SSSR count). The van der Waals surface area contributed by atoms with Crippen molar-refractivity contribution in [1.82, 2.24) is 29.3 Å². The molecule has 0 aliphatic carbocycles. The molecule has 0 fully saturated rings. The highest BCUT2D eigenvalue weighted by atomic mass is 32.2. The lowest BCUT2D eigenvalue weighted by atomic mass is 10.1. The highest BCUT2D eigenvalue weighted by Crippen LogP contribution is 2.27. The highest BCUT2D eigenvalue weighted by Gasteiger charge is 2.19. The molecular formula is C26H20N6O2S. The quantitative estimate of drug-likeness (QED) is 0.321. The van der Waals surface area contributed by atoms with E-state index in [1.165, 1.54) is 11.8 Å². The average molecular weight is 481 g/mol. The average Bonchev–Trinajstić information content (AvgIpc) is 3.52. The summed E-state index contributed by atoms with van der Waals surface area (Å²) in [6, 6.07) is 23.2. The first kappa shape index (κ1) is 21.3. The zero-order valence-corrected chi connectivity index (χ0v) is 19.9. The maximum Gasteiger partial charge on any atom is 0.267 e. The zero-order chi connectivity index (χ0) is 23.9. The summed E-state index contributed by atoms with van der Waals surface area (Å²) in [6.07, 6.45) is 0. The topological polar surface area (TPSA) is 91.1 Å². The molecule has 0 saturated carbocycles. The van der Waals surface area contributed by atoms with Gasteiger partial charge in [0.25, 0.3) is 5.56 Å². The highest BCUT2D eigenvalue weighted by molar-refractivity contribution is 7.98. The summed E-state index contributed by atoms with van der Waals surface area (Å²) < 4.78 is 9.04. The summed E-state index contributed by atoms with van der Waals surface area (Å²) in [6.45, 7) is 3.99. The molecule has 0 amide bonds. The van der Waals surface area contributed by atoms with Gasteiger partial charge in [-0.05, 0) is 43.2 Å². The van der Waals surface area contributed by atoms with Crippen molar-refractivity contribution in [2.24, 2.45) is 0 Å². The predicted molar refractivity (Wildman–Crippen MR) is 135 cm³/mol. The number of aromatic nitrogens is 6. The van der Waals surface area contributed by atoms with Gasteiger partial charge in [0.2, 0.25) is 17.5 Å². The Morgan fingerprint density at radius 2 is 1.63 bits per heavy atom. The number of nitrogens with zero attached hydrogens (tertiary/aromatic N) is 6. The van der Waals surface area contributed by atoms with E-state index < -0.39 is 0 Å². The fourth-order valence-electron chi connectivity index (χ4n) is 4.18. The minimum atomic E-state index is -0.133. The van der Waals surface area contributed by atoms with E-state index in [1.54, 1.807) is 4.57 Å². The smallest absolute Gasteiger partial charge is 0.267 e. The maximum atomic E-state index is 13.5. The number of thioether (sulfide) groups is 1. The van der Waals surface area contributed by atoms with E-state index in [4.69, 9.17) is 4.52 Å². The first-order valence-corrected chi connectivity index (χ1v) is 12.1. The van der Waals surface area contributed by atoms with E-state index >= 15 is 0 Å². The van der Waals surface area contributed by atoms with Gasteiger partial charge in [-0.1, -0.05) is 71.5 Å². The Labute approximate surface area is 204 Å². The Morgan fingerprint density at radius 3 is 2.46 bits per heavy atom. The Balaban J connectivity index is 1.43. The summed E-state index contributed by atoms with van der Waals surface area (Å²) in [4.78, 5) is 18.1. The molecule has 8 nitrogen and oxygen atoms in total. The first-order valence-electron chi connectivity index (χ1n) is 11.1. The number of fused-ring (bicyclic) bond motifs is 3. The minimum absolute atomic E-state index is 0.133. The second-order valence-electron chi connectivity index (χ2n) is 8.18. The van der Waals surface area contributed by atoms with Crippen molar-refractivity contribution in [3.8, 4) is 17.1 Å². The molecular weight excluding hydrogens is 460 g/mol. The van der Waals surface area contributed by atoms with Crippen LogP contribution in [0.4, 0.5) is 0 Å². The molecule has 0 spiro atoms. The van der Waals surface area contributed by atoms with Crippen LogP contribution in [0.15, 0.2) is 87.3 Å². The molecule has 0 aliphatic heterocycles. The van der Waals surface area contributed by atoms with Crippen molar-refractivity contribution in [1.29, 1.82) is 0 Å². The minimum Gasteiger partial charge on any atom is -0.338 e. The van der Waals surface area contributed by atoms with Crippen molar-refractivity contribution in [2.75, 3.05) is 0 Å². The van der Waals surface area contributed by atoms with Crippen LogP contribution in [-0.4, -0.2) is 29.3 Å². The van der Waals surface area contributed by atoms with Gasteiger partial charge >= 0.3 is 0 Å². The molecule has 0 N–H and O–H groups in total. The SMILES string of the molecule is Cc1ccccc1-c1noc(CSc2nnc3n(-c4ccccc4C)c(=O)c4ccccc4n23)n1. The van der Waals surface area contributed by atoms with Gasteiger partial charge in [0.15, 0.2) is 5.16 Å². The molecule has 0 unspecified atom stereocenters. The molecule has 0 radical (unpaired) electrons. The lowest BCUT2D eigenvalue weighted by Gasteiger charge is -2.13. The van der Waals surface area contributed by atoms with E-state index in [9.17, 15) is 4.79 Å². The summed E-state index contributed by atoms with van der Waals surface area (Å²) >= 11 is 1.43. The van der Waals surface area contributed by atoms with Gasteiger partial charge in [0, 0.05) is 5.56 Å². The van der Waals surface area contributed by atoms with Gasteiger partial charge in [-0.25, -0.2) is 4.57 Å². The van der Waals surface area contributed by atoms with Crippen molar-refractivity contribution in [3.63, 3.8) is 0 Å². The van der Waals surface area contributed by atoms with E-state index in [0.717, 1.165) is 27.9 Å². The molecule has 3 heterocycles. The van der Waals surface area contributed by atoms with Gasteiger partial charge in [0.05, 0.1) is 22.3 Å². The molecule has 9 heteroatoms. The van der Waals surface area contributed by atoms with E-state index in [-0.39, 0.29) is 5.56 Å². The van der Waals surface area contributed by atoms with E-state index in [1.807, 2.05) is 91.0 Å². The predicted octanol–water partition coefficient (Wildman–Crippen LogP) is 4.99. The van der Waals surface area contributed by atoms with Crippen LogP contribution in [0.3, 0.4) is 0 Å². The largest absolute Gasteiger partial charge is 0.338 e. The van der Waals surface area contributed by atoms with Crippen LogP contribution < -0.4 is 5.56 Å². The van der Waals surface area contributed by atoms with Crippen molar-refractivity contribution < 1.29 is 4.52 Å². The summed E-state index contributed by atoms with van der Waals surface area (Å²) in [5.74, 6) is 1.92. The van der Waals surface area contributed by atoms with Gasteiger partial charge in [-0.2, -0.15) is 4.98 Å². The molecule has 0 bridgehead atoms. The third-order valence-corrected chi connectivity index (χ3v) is 6.84. The number of benzene rings is 3. The number of para-hydroxylation sites is 2. The Kier molecular flexibility index (Phi) is 5.18. The second-order valence-corrected chi connectivity index (χ2v) is 9.12. The van der Waals surface area contributed by atoms with Crippen molar-refractivity contribution >= 4 is 28.4 Å². The normalized spacial score (nSPS) is 11.5. The van der Waals surface area contributed by atoms with Gasteiger partial charge in [-0.3, -0.25) is 9.20 Å². The molecule has 3 aromatic carbocycles. The summed E-state index contributed by atoms with van der Waals surface area (Å²) in [7, 11) is 0. The maximum absolute atomic E-state index is 13.5. The van der Waals surface area contributed by atoms with Crippen LogP contribution in [0, 0.1) is 13.8 Å². The van der Waals surface area contributed by atoms with Crippen LogP contribution in [0.5, 0.6) is 0 Å². The van der Waals surface area contributed by atoms with Crippen LogP contribution in [-0.2, 0) is 5.75 Å². The molecule has 35 heavy (non-hydrogen) atoms. The summed E-state index contributed by atoms with van der Waals surface area (Å²) in [5, 5.41) is 14.2. The number of hydrogen-bond acceptors (Lipinski definition) is 7. The monoisotopic (exact) mass is 480 g/mol. The molecule has 0 saturated heterocycles. The van der Waals surface area contributed by atoms with Gasteiger partial charge < -0.3 is 4.52 Å². The summed E-state index contributed by atoms with van der Waals surface area (Å²) in [5.41, 5.74) is 4.38. The molecule has 6 aromatic rings. The van der Waals surface area contributed by atoms with E-state index in [2.05, 4.69) is 20.3 Å². The van der Waals surface area contributed by atoms with Gasteiger partial charge in [-0.15, -0.1) is 10.2 Å². The fourth-order valence-corrected chi connectivity index (χ4v) is 4.95. The van der Waals surface area contributed by atoms with Crippen LogP contribution in [0.2, 0.25) is 0 Å². The van der Waals surface area contributed by atoms with Crippen LogP contribution in [0.1, 0.15) is 17.0 Å². The lowest BCUT2D eigenvalue weighted by molar-refractivity contribution is 0.391. The first-order chi connectivity index (χ1) is 17.1. The Bertz CT molecular complexity index is 1770. The standard InChI is InChI=1S/C26H20N6O2S/c1-16-9-3-5-11-18(16)23-27-22(34-30-23)15-35-26-29-28-25-31(20-13-7-4-10-17(20)2)24(33)19-12-6-8-14-21(19)32(25)26/h3-14H,15H2,1-2H3. The molecule has 3 aromatic heterocycles. The molecule has 0 atom stereocenters. The number of hydrogen-bond donors (Lipinski definition) is 0.